The van der Waals surface area contributed by atoms with Gasteiger partial charge in [-0.2, -0.15) is 5.48 Å². The first-order chi connectivity index (χ1) is 17.6. The monoisotopic (exact) mass is 511 g/mol. The van der Waals surface area contributed by atoms with E-state index in [0.717, 1.165) is 4.90 Å². The summed E-state index contributed by atoms with van der Waals surface area (Å²) in [6.45, 7) is 6.61. The second kappa shape index (κ2) is 11.5. The van der Waals surface area contributed by atoms with Crippen LogP contribution in [0.15, 0.2) is 36.4 Å². The number of hydroxylamine groups is 1. The van der Waals surface area contributed by atoms with Gasteiger partial charge in [-0.05, 0) is 36.8 Å². The highest BCUT2D eigenvalue weighted by Crippen LogP contribution is 2.39. The number of fused-ring (bicyclic) bond motifs is 1. The Morgan fingerprint density at radius 2 is 1.76 bits per heavy atom. The summed E-state index contributed by atoms with van der Waals surface area (Å²) in [7, 11) is 1.47. The lowest BCUT2D eigenvalue weighted by Gasteiger charge is -2.27. The Balaban J connectivity index is 2.04. The molecule has 37 heavy (non-hydrogen) atoms. The number of hydrogen-bond donors (Lipinski definition) is 2. The van der Waals surface area contributed by atoms with E-state index in [1.54, 1.807) is 45.0 Å². The molecule has 0 saturated heterocycles. The number of hydrogen-bond acceptors (Lipinski definition) is 8. The van der Waals surface area contributed by atoms with Crippen LogP contribution in [0.25, 0.3) is 0 Å². The minimum Gasteiger partial charge on any atom is -0.493 e. The smallest absolute Gasteiger partial charge is 0.334 e. The maximum absolute atomic E-state index is 13.6. The third kappa shape index (κ3) is 5.88. The van der Waals surface area contributed by atoms with Crippen LogP contribution in [0.5, 0.6) is 11.5 Å². The quantitative estimate of drug-likeness (QED) is 0.387. The van der Waals surface area contributed by atoms with Crippen LogP contribution >= 0.6 is 0 Å². The fourth-order valence-corrected chi connectivity index (χ4v) is 3.85. The van der Waals surface area contributed by atoms with Gasteiger partial charge in [-0.15, -0.1) is 0 Å². The van der Waals surface area contributed by atoms with Crippen molar-refractivity contribution in [3.05, 3.63) is 53.1 Å². The molecule has 0 aliphatic carbocycles. The van der Waals surface area contributed by atoms with Crippen LogP contribution in [0.4, 0.5) is 5.69 Å². The lowest BCUT2D eigenvalue weighted by atomic mass is 10.0. The summed E-state index contributed by atoms with van der Waals surface area (Å²) in [6, 6.07) is 8.23. The van der Waals surface area contributed by atoms with E-state index in [1.807, 2.05) is 0 Å². The molecule has 4 amide bonds. The second-order valence-electron chi connectivity index (χ2n) is 8.55. The molecular weight excluding hydrogens is 482 g/mol. The van der Waals surface area contributed by atoms with Crippen molar-refractivity contribution in [1.29, 1.82) is 0 Å². The van der Waals surface area contributed by atoms with E-state index in [1.165, 1.54) is 26.2 Å². The average Bonchev–Trinajstić information content (AvgIpc) is 3.11. The third-order valence-corrected chi connectivity index (χ3v) is 5.56. The van der Waals surface area contributed by atoms with Crippen molar-refractivity contribution < 1.29 is 38.3 Å². The number of benzene rings is 2. The standard InChI is InChI=1S/C26H29N3O8/c1-6-36-21-12-16(10-11-20(21)35-5)19(13-22(31)28-37-26(34)14(2)3)29-24(32)17-8-7-9-18(27-15(4)30)23(17)25(29)33/h7-12,14,19H,6,13H2,1-5H3,(H,27,30)(H,28,31). The lowest BCUT2D eigenvalue weighted by Crippen LogP contribution is -2.38. The van der Waals surface area contributed by atoms with Gasteiger partial charge in [0.15, 0.2) is 11.5 Å². The Hall–Kier alpha value is -4.41. The highest BCUT2D eigenvalue weighted by atomic mass is 16.7. The highest BCUT2D eigenvalue weighted by Gasteiger charge is 2.43. The van der Waals surface area contributed by atoms with Crippen LogP contribution in [0.1, 0.15) is 66.4 Å². The van der Waals surface area contributed by atoms with Gasteiger partial charge in [0, 0.05) is 6.92 Å². The van der Waals surface area contributed by atoms with E-state index in [2.05, 4.69) is 10.8 Å². The molecule has 0 spiro atoms. The number of nitrogens with zero attached hydrogens (tertiary/aromatic N) is 1. The molecule has 1 atom stereocenters. The number of rotatable bonds is 9. The highest BCUT2D eigenvalue weighted by molar-refractivity contribution is 6.24. The number of carbonyl (C=O) groups excluding carboxylic acids is 5. The molecule has 0 radical (unpaired) electrons. The zero-order chi connectivity index (χ0) is 27.3. The van der Waals surface area contributed by atoms with Crippen molar-refractivity contribution >= 4 is 35.3 Å². The Labute approximate surface area is 214 Å². The summed E-state index contributed by atoms with van der Waals surface area (Å²) in [5, 5.41) is 2.57. The molecule has 0 fully saturated rings. The van der Waals surface area contributed by atoms with Crippen molar-refractivity contribution in [2.45, 2.75) is 40.2 Å². The van der Waals surface area contributed by atoms with E-state index in [0.29, 0.717) is 23.7 Å². The van der Waals surface area contributed by atoms with Gasteiger partial charge in [0.1, 0.15) is 0 Å². The van der Waals surface area contributed by atoms with Gasteiger partial charge >= 0.3 is 5.97 Å². The summed E-state index contributed by atoms with van der Waals surface area (Å²) in [5.41, 5.74) is 2.79. The topological polar surface area (TPSA) is 140 Å². The van der Waals surface area contributed by atoms with E-state index in [4.69, 9.17) is 14.3 Å². The van der Waals surface area contributed by atoms with Gasteiger partial charge < -0.3 is 19.6 Å². The number of anilines is 1. The molecule has 1 unspecified atom stereocenters. The first kappa shape index (κ1) is 27.2. The molecule has 2 aromatic rings. The summed E-state index contributed by atoms with van der Waals surface area (Å²) in [4.78, 5) is 69.1. The van der Waals surface area contributed by atoms with Crippen LogP contribution < -0.4 is 20.3 Å². The molecule has 0 bridgehead atoms. The number of imide groups is 1. The van der Waals surface area contributed by atoms with Gasteiger partial charge in [-0.3, -0.25) is 24.1 Å². The summed E-state index contributed by atoms with van der Waals surface area (Å²) in [6.07, 6.45) is -0.412. The van der Waals surface area contributed by atoms with E-state index in [9.17, 15) is 24.0 Å². The van der Waals surface area contributed by atoms with Crippen molar-refractivity contribution in [3.8, 4) is 11.5 Å². The minimum atomic E-state index is -1.10. The van der Waals surface area contributed by atoms with Crippen molar-refractivity contribution in [2.24, 2.45) is 5.92 Å². The largest absolute Gasteiger partial charge is 0.493 e. The Morgan fingerprint density at radius 1 is 1.03 bits per heavy atom. The van der Waals surface area contributed by atoms with Gasteiger partial charge in [0.2, 0.25) is 5.91 Å². The van der Waals surface area contributed by atoms with E-state index < -0.39 is 48.0 Å². The number of methoxy groups -OCH3 is 1. The number of ether oxygens (including phenoxy) is 2. The SMILES string of the molecule is CCOc1cc(C(CC(=O)NOC(=O)C(C)C)N2C(=O)c3cccc(NC(C)=O)c3C2=O)ccc1OC. The number of nitrogens with one attached hydrogen (secondary N) is 2. The maximum atomic E-state index is 13.6. The molecule has 2 aromatic carbocycles. The molecule has 196 valence electrons. The average molecular weight is 512 g/mol. The first-order valence-electron chi connectivity index (χ1n) is 11.7. The van der Waals surface area contributed by atoms with Crippen LogP contribution in [-0.2, 0) is 19.2 Å². The summed E-state index contributed by atoms with van der Waals surface area (Å²) < 4.78 is 11.0. The van der Waals surface area contributed by atoms with E-state index in [-0.39, 0.29) is 16.8 Å². The fraction of sp³-hybridized carbons (Fsp3) is 0.346. The second-order valence-corrected chi connectivity index (χ2v) is 8.55. The first-order valence-corrected chi connectivity index (χ1v) is 11.7. The van der Waals surface area contributed by atoms with Crippen LogP contribution in [-0.4, -0.2) is 48.2 Å². The summed E-state index contributed by atoms with van der Waals surface area (Å²) in [5.74, 6) is -2.81. The lowest BCUT2D eigenvalue weighted by molar-refractivity contribution is -0.161. The third-order valence-electron chi connectivity index (χ3n) is 5.56. The van der Waals surface area contributed by atoms with Crippen LogP contribution in [0.2, 0.25) is 0 Å². The van der Waals surface area contributed by atoms with Crippen molar-refractivity contribution in [3.63, 3.8) is 0 Å². The van der Waals surface area contributed by atoms with Crippen LogP contribution in [0.3, 0.4) is 0 Å². The Morgan fingerprint density at radius 3 is 2.38 bits per heavy atom. The predicted octanol–water partition coefficient (Wildman–Crippen LogP) is 3.01. The van der Waals surface area contributed by atoms with E-state index >= 15 is 0 Å². The van der Waals surface area contributed by atoms with Gasteiger partial charge in [-0.1, -0.05) is 26.0 Å². The minimum absolute atomic E-state index is 0.0258. The molecule has 0 saturated carbocycles. The maximum Gasteiger partial charge on any atom is 0.334 e. The van der Waals surface area contributed by atoms with Gasteiger partial charge in [0.25, 0.3) is 17.7 Å². The zero-order valence-corrected chi connectivity index (χ0v) is 21.2. The Kier molecular flexibility index (Phi) is 8.49. The molecule has 3 rings (SSSR count). The predicted molar refractivity (Wildman–Crippen MR) is 132 cm³/mol. The zero-order valence-electron chi connectivity index (χ0n) is 21.2. The van der Waals surface area contributed by atoms with Crippen molar-refractivity contribution in [1.82, 2.24) is 10.4 Å². The van der Waals surface area contributed by atoms with Crippen LogP contribution in [0, 0.1) is 5.92 Å². The molecule has 2 N–H and O–H groups in total. The van der Waals surface area contributed by atoms with Gasteiger partial charge in [0.05, 0.1) is 48.9 Å². The molecular formula is C26H29N3O8. The number of amides is 4. The normalized spacial score (nSPS) is 13.2. The van der Waals surface area contributed by atoms with Gasteiger partial charge in [-0.25, -0.2) is 4.79 Å². The molecule has 11 heteroatoms. The molecule has 1 heterocycles. The summed E-state index contributed by atoms with van der Waals surface area (Å²) >= 11 is 0. The fourth-order valence-electron chi connectivity index (χ4n) is 3.85. The molecule has 1 aliphatic heterocycles. The molecule has 1 aliphatic rings. The van der Waals surface area contributed by atoms with Crippen molar-refractivity contribution in [2.75, 3.05) is 19.0 Å². The molecule has 0 aromatic heterocycles. The Bertz CT molecular complexity index is 1240. The number of carbonyl (C=O) groups is 5. The molecule has 11 nitrogen and oxygen atoms in total.